The fourth-order valence-electron chi connectivity index (χ4n) is 4.83. The number of nitrogens with two attached hydrogens (primary N) is 1. The number of carbonyl (C=O) groups is 4. The Labute approximate surface area is 225 Å². The average Bonchev–Trinajstić information content (AvgIpc) is 3.53. The predicted octanol–water partition coefficient (Wildman–Crippen LogP) is 2.46. The molecule has 3 amide bonds. The van der Waals surface area contributed by atoms with E-state index in [1.165, 1.54) is 18.2 Å². The standard InChI is InChI=1S/C27H22F2N6O5/c1-12-14-5-7-20(16(14)4-3-15(12)27(39)40)34-26(38)22-9-21(33-24-17(23(30)36)11-32-35(22)24)25(37)31-10-13-2-6-18(28)19(29)8-13/h2-4,6,8-9,11,20H,5,7,10H2,1H3,(H2,30,36)(H,31,37)(H,34,38)(H,39,40)/t20-/m0/s1. The van der Waals surface area contributed by atoms with Crippen LogP contribution in [-0.2, 0) is 13.0 Å². The van der Waals surface area contributed by atoms with E-state index in [1.807, 2.05) is 0 Å². The molecule has 1 aliphatic carbocycles. The molecule has 5 N–H and O–H groups in total. The molecule has 2 aromatic carbocycles. The quantitative estimate of drug-likeness (QED) is 0.275. The number of hydrogen-bond acceptors (Lipinski definition) is 6. The molecule has 0 spiro atoms. The molecule has 2 heterocycles. The lowest BCUT2D eigenvalue weighted by Gasteiger charge is -2.16. The Bertz CT molecular complexity index is 1730. The van der Waals surface area contributed by atoms with Crippen molar-refractivity contribution in [3.63, 3.8) is 0 Å². The second kappa shape index (κ2) is 10.2. The molecular weight excluding hydrogens is 526 g/mol. The maximum Gasteiger partial charge on any atom is 0.335 e. The highest BCUT2D eigenvalue weighted by molar-refractivity contribution is 6.02. The predicted molar refractivity (Wildman–Crippen MR) is 136 cm³/mol. The van der Waals surface area contributed by atoms with Crippen LogP contribution in [0.15, 0.2) is 42.6 Å². The van der Waals surface area contributed by atoms with Gasteiger partial charge >= 0.3 is 5.97 Å². The molecule has 0 saturated carbocycles. The summed E-state index contributed by atoms with van der Waals surface area (Å²) in [4.78, 5) is 54.0. The summed E-state index contributed by atoms with van der Waals surface area (Å²) in [7, 11) is 0. The summed E-state index contributed by atoms with van der Waals surface area (Å²) in [5.74, 6) is -5.38. The zero-order valence-electron chi connectivity index (χ0n) is 21.0. The van der Waals surface area contributed by atoms with Crippen LogP contribution in [-0.4, -0.2) is 43.4 Å². The van der Waals surface area contributed by atoms with Gasteiger partial charge in [0.1, 0.15) is 17.0 Å². The van der Waals surface area contributed by atoms with Crippen LogP contribution in [0.1, 0.15) is 76.4 Å². The number of benzene rings is 2. The highest BCUT2D eigenvalue weighted by Gasteiger charge is 2.29. The highest BCUT2D eigenvalue weighted by Crippen LogP contribution is 2.35. The number of nitrogens with zero attached hydrogens (tertiary/aromatic N) is 3. The molecule has 0 bridgehead atoms. The zero-order chi connectivity index (χ0) is 28.7. The molecule has 204 valence electrons. The molecule has 1 aliphatic rings. The zero-order valence-corrected chi connectivity index (χ0v) is 21.0. The fraction of sp³-hybridized carbons (Fsp3) is 0.185. The Balaban J connectivity index is 1.45. The molecule has 13 heteroatoms. The van der Waals surface area contributed by atoms with Crippen molar-refractivity contribution < 1.29 is 33.1 Å². The first-order chi connectivity index (χ1) is 19.0. The number of nitrogens with one attached hydrogen (secondary N) is 2. The van der Waals surface area contributed by atoms with Crippen LogP contribution in [0.5, 0.6) is 0 Å². The molecule has 40 heavy (non-hydrogen) atoms. The molecule has 2 aromatic heterocycles. The molecule has 0 unspecified atom stereocenters. The van der Waals surface area contributed by atoms with Gasteiger partial charge in [0, 0.05) is 12.6 Å². The number of aromatic nitrogens is 3. The summed E-state index contributed by atoms with van der Waals surface area (Å²) in [5, 5.41) is 18.9. The number of amides is 3. The van der Waals surface area contributed by atoms with Crippen LogP contribution < -0.4 is 16.4 Å². The molecule has 0 fully saturated rings. The van der Waals surface area contributed by atoms with Gasteiger partial charge in [-0.2, -0.15) is 5.10 Å². The van der Waals surface area contributed by atoms with Crippen molar-refractivity contribution in [2.75, 3.05) is 0 Å². The summed E-state index contributed by atoms with van der Waals surface area (Å²) in [6.07, 6.45) is 2.21. The first-order valence-corrected chi connectivity index (χ1v) is 12.1. The van der Waals surface area contributed by atoms with Gasteiger partial charge in [0.25, 0.3) is 17.7 Å². The first kappa shape index (κ1) is 26.4. The Kier molecular flexibility index (Phi) is 6.71. The van der Waals surface area contributed by atoms with E-state index in [2.05, 4.69) is 20.7 Å². The number of rotatable bonds is 7. The van der Waals surface area contributed by atoms with Crippen LogP contribution in [0.2, 0.25) is 0 Å². The van der Waals surface area contributed by atoms with Gasteiger partial charge in [-0.15, -0.1) is 0 Å². The largest absolute Gasteiger partial charge is 0.478 e. The van der Waals surface area contributed by atoms with Gasteiger partial charge in [-0.3, -0.25) is 14.4 Å². The van der Waals surface area contributed by atoms with E-state index in [-0.39, 0.29) is 40.3 Å². The number of aromatic carboxylic acids is 1. The SMILES string of the molecule is Cc1c(C(=O)O)ccc2c1CC[C@@H]2NC(=O)c1cc(C(=O)NCc2ccc(F)c(F)c2)nc2c(C(N)=O)cnn12. The smallest absolute Gasteiger partial charge is 0.335 e. The van der Waals surface area contributed by atoms with Gasteiger partial charge < -0.3 is 21.5 Å². The van der Waals surface area contributed by atoms with E-state index in [9.17, 15) is 33.1 Å². The molecule has 0 radical (unpaired) electrons. The maximum absolute atomic E-state index is 13.5. The summed E-state index contributed by atoms with van der Waals surface area (Å²) in [6.45, 7) is 1.56. The van der Waals surface area contributed by atoms with Crippen LogP contribution >= 0.6 is 0 Å². The van der Waals surface area contributed by atoms with Crippen LogP contribution in [0, 0.1) is 18.6 Å². The number of halogens is 2. The maximum atomic E-state index is 13.5. The average molecular weight is 549 g/mol. The monoisotopic (exact) mass is 548 g/mol. The van der Waals surface area contributed by atoms with Crippen molar-refractivity contribution in [3.05, 3.63) is 99.0 Å². The van der Waals surface area contributed by atoms with Gasteiger partial charge in [0.05, 0.1) is 17.8 Å². The normalized spacial score (nSPS) is 14.1. The molecule has 4 aromatic rings. The highest BCUT2D eigenvalue weighted by atomic mass is 19.2. The summed E-state index contributed by atoms with van der Waals surface area (Å²) in [6, 6.07) is 7.08. The van der Waals surface area contributed by atoms with Crippen LogP contribution in [0.4, 0.5) is 8.78 Å². The Morgan fingerprint density at radius 3 is 2.55 bits per heavy atom. The Morgan fingerprint density at radius 2 is 1.85 bits per heavy atom. The van der Waals surface area contributed by atoms with Gasteiger partial charge in [0.15, 0.2) is 17.3 Å². The van der Waals surface area contributed by atoms with Gasteiger partial charge in [-0.05, 0) is 60.2 Å². The third-order valence-electron chi connectivity index (χ3n) is 6.87. The van der Waals surface area contributed by atoms with E-state index in [4.69, 9.17) is 5.73 Å². The lowest BCUT2D eigenvalue weighted by atomic mass is 9.98. The molecule has 11 nitrogen and oxygen atoms in total. The number of carboxylic acid groups (broad SMARTS) is 1. The van der Waals surface area contributed by atoms with Crippen molar-refractivity contribution >= 4 is 29.3 Å². The minimum atomic E-state index is -1.07. The van der Waals surface area contributed by atoms with E-state index in [1.54, 1.807) is 13.0 Å². The third-order valence-corrected chi connectivity index (χ3v) is 6.87. The number of hydrogen-bond donors (Lipinski definition) is 4. The number of fused-ring (bicyclic) bond motifs is 2. The van der Waals surface area contributed by atoms with E-state index >= 15 is 0 Å². The molecule has 0 aliphatic heterocycles. The first-order valence-electron chi connectivity index (χ1n) is 12.1. The van der Waals surface area contributed by atoms with Gasteiger partial charge in [0.2, 0.25) is 0 Å². The van der Waals surface area contributed by atoms with Crippen molar-refractivity contribution in [1.82, 2.24) is 25.2 Å². The van der Waals surface area contributed by atoms with E-state index in [0.717, 1.165) is 34.0 Å². The van der Waals surface area contributed by atoms with Crippen molar-refractivity contribution in [1.29, 1.82) is 0 Å². The second-order valence-corrected chi connectivity index (χ2v) is 9.29. The Morgan fingerprint density at radius 1 is 1.07 bits per heavy atom. The minimum absolute atomic E-state index is 0.109. The minimum Gasteiger partial charge on any atom is -0.478 e. The van der Waals surface area contributed by atoms with Crippen molar-refractivity contribution in [2.45, 2.75) is 32.4 Å². The van der Waals surface area contributed by atoms with Crippen molar-refractivity contribution in [2.24, 2.45) is 5.73 Å². The summed E-state index contributed by atoms with van der Waals surface area (Å²) < 4.78 is 27.9. The second-order valence-electron chi connectivity index (χ2n) is 9.29. The Hall–Kier alpha value is -5.20. The molecule has 5 rings (SSSR count). The number of carboxylic acids is 1. The lowest BCUT2D eigenvalue weighted by Crippen LogP contribution is -2.31. The van der Waals surface area contributed by atoms with Crippen LogP contribution in [0.3, 0.4) is 0 Å². The lowest BCUT2D eigenvalue weighted by molar-refractivity contribution is 0.0695. The number of carbonyl (C=O) groups excluding carboxylic acids is 3. The van der Waals surface area contributed by atoms with Gasteiger partial charge in [-0.1, -0.05) is 12.1 Å². The third kappa shape index (κ3) is 4.72. The topological polar surface area (TPSA) is 169 Å². The molecular formula is C27H22F2N6O5. The summed E-state index contributed by atoms with van der Waals surface area (Å²) >= 11 is 0. The number of primary amides is 1. The van der Waals surface area contributed by atoms with Crippen LogP contribution in [0.25, 0.3) is 5.65 Å². The fourth-order valence-corrected chi connectivity index (χ4v) is 4.83. The molecule has 1 atom stereocenters. The molecule has 0 saturated heterocycles. The van der Waals surface area contributed by atoms with Gasteiger partial charge in [-0.25, -0.2) is 23.1 Å². The van der Waals surface area contributed by atoms with E-state index in [0.29, 0.717) is 18.4 Å². The van der Waals surface area contributed by atoms with E-state index < -0.39 is 41.4 Å². The summed E-state index contributed by atoms with van der Waals surface area (Å²) in [5.41, 5.74) is 7.58. The van der Waals surface area contributed by atoms with Crippen molar-refractivity contribution in [3.8, 4) is 0 Å².